The molecule has 0 radical (unpaired) electrons. The Balaban J connectivity index is 4.28. The van der Waals surface area contributed by atoms with Crippen LogP contribution in [0.4, 0.5) is 0 Å². The van der Waals surface area contributed by atoms with E-state index in [9.17, 15) is 4.79 Å². The molecule has 0 heterocycles. The predicted molar refractivity (Wildman–Crippen MR) is 71.9 cm³/mol. The van der Waals surface area contributed by atoms with Crippen LogP contribution in [0.3, 0.4) is 0 Å². The number of ether oxygens (including phenoxy) is 1. The van der Waals surface area contributed by atoms with Crippen molar-refractivity contribution in [3.8, 4) is 0 Å². The Morgan fingerprint density at radius 2 is 1.76 bits per heavy atom. The van der Waals surface area contributed by atoms with Crippen molar-refractivity contribution in [3.05, 3.63) is 25.3 Å². The fraction of sp³-hybridized carbons (Fsp3) is 0.643. The molecule has 1 unspecified atom stereocenters. The summed E-state index contributed by atoms with van der Waals surface area (Å²) in [5, 5.41) is 0. The molecule has 17 heavy (non-hydrogen) atoms. The largest absolute Gasteiger partial charge is 0.460 e. The molecule has 0 aromatic rings. The Morgan fingerprint density at radius 1 is 1.29 bits per heavy atom. The van der Waals surface area contributed by atoms with Crippen LogP contribution in [0.1, 0.15) is 34.1 Å². The van der Waals surface area contributed by atoms with E-state index in [1.165, 1.54) is 0 Å². The van der Waals surface area contributed by atoms with Gasteiger partial charge in [0.25, 0.3) is 0 Å². The van der Waals surface area contributed by atoms with Crippen molar-refractivity contribution in [2.45, 2.75) is 45.8 Å². The predicted octanol–water partition coefficient (Wildman–Crippen LogP) is 2.78. The number of hydrogen-bond donors (Lipinski definition) is 0. The van der Waals surface area contributed by atoms with E-state index in [2.05, 4.69) is 18.1 Å². The van der Waals surface area contributed by atoms with E-state index in [0.717, 1.165) is 13.1 Å². The minimum absolute atomic E-state index is 0.126. The van der Waals surface area contributed by atoms with Gasteiger partial charge in [-0.1, -0.05) is 12.2 Å². The summed E-state index contributed by atoms with van der Waals surface area (Å²) in [6, 6.07) is 0.126. The van der Waals surface area contributed by atoms with Gasteiger partial charge in [0.1, 0.15) is 5.60 Å². The molecule has 0 fully saturated rings. The minimum atomic E-state index is -0.418. The molecule has 0 amide bonds. The SMILES string of the molecule is C=CCN(CC=C)C(C)CC(=O)OC(C)(C)C. The Kier molecular flexibility index (Phi) is 6.81. The second-order valence-corrected chi connectivity index (χ2v) is 5.17. The van der Waals surface area contributed by atoms with E-state index in [4.69, 9.17) is 4.74 Å². The summed E-state index contributed by atoms with van der Waals surface area (Å²) >= 11 is 0. The van der Waals surface area contributed by atoms with Crippen molar-refractivity contribution in [1.29, 1.82) is 0 Å². The molecule has 0 aliphatic carbocycles. The van der Waals surface area contributed by atoms with Crippen molar-refractivity contribution < 1.29 is 9.53 Å². The van der Waals surface area contributed by atoms with Crippen LogP contribution in [0.5, 0.6) is 0 Å². The molecule has 0 aliphatic heterocycles. The van der Waals surface area contributed by atoms with Gasteiger partial charge in [0.15, 0.2) is 0 Å². The highest BCUT2D eigenvalue weighted by Crippen LogP contribution is 2.11. The van der Waals surface area contributed by atoms with Crippen molar-refractivity contribution in [2.75, 3.05) is 13.1 Å². The van der Waals surface area contributed by atoms with Gasteiger partial charge in [-0.15, -0.1) is 13.2 Å². The molecule has 0 saturated carbocycles. The maximum Gasteiger partial charge on any atom is 0.307 e. The summed E-state index contributed by atoms with van der Waals surface area (Å²) in [4.78, 5) is 13.8. The zero-order valence-electron chi connectivity index (χ0n) is 11.5. The molecule has 3 nitrogen and oxygen atoms in total. The third-order valence-corrected chi connectivity index (χ3v) is 2.23. The second-order valence-electron chi connectivity index (χ2n) is 5.17. The van der Waals surface area contributed by atoms with Gasteiger partial charge < -0.3 is 4.74 Å². The number of hydrogen-bond acceptors (Lipinski definition) is 3. The third kappa shape index (κ3) is 7.75. The smallest absolute Gasteiger partial charge is 0.307 e. The first-order valence-corrected chi connectivity index (χ1v) is 5.98. The molecular weight excluding hydrogens is 214 g/mol. The van der Waals surface area contributed by atoms with Gasteiger partial charge in [0, 0.05) is 19.1 Å². The summed E-state index contributed by atoms with van der Waals surface area (Å²) in [5.74, 6) is -0.164. The number of rotatable bonds is 7. The lowest BCUT2D eigenvalue weighted by molar-refractivity contribution is -0.156. The fourth-order valence-electron chi connectivity index (χ4n) is 1.52. The number of carbonyl (C=O) groups excluding carboxylic acids is 1. The maximum atomic E-state index is 11.7. The summed E-state index contributed by atoms with van der Waals surface area (Å²) < 4.78 is 5.30. The Hall–Kier alpha value is -1.09. The number of esters is 1. The standard InChI is InChI=1S/C14H25NO2/c1-7-9-15(10-8-2)12(3)11-13(16)17-14(4,5)6/h7-8,12H,1-2,9-11H2,3-6H3. The highest BCUT2D eigenvalue weighted by molar-refractivity contribution is 5.70. The minimum Gasteiger partial charge on any atom is -0.460 e. The van der Waals surface area contributed by atoms with Gasteiger partial charge in [0.05, 0.1) is 6.42 Å². The van der Waals surface area contributed by atoms with Gasteiger partial charge in [-0.2, -0.15) is 0 Å². The molecule has 0 aliphatic rings. The normalized spacial score (nSPS) is 13.2. The zero-order valence-corrected chi connectivity index (χ0v) is 11.5. The summed E-state index contributed by atoms with van der Waals surface area (Å²) in [6.45, 7) is 16.6. The molecule has 0 saturated heterocycles. The van der Waals surface area contributed by atoms with Crippen LogP contribution in [0.15, 0.2) is 25.3 Å². The lowest BCUT2D eigenvalue weighted by Gasteiger charge is -2.27. The lowest BCUT2D eigenvalue weighted by atomic mass is 10.1. The monoisotopic (exact) mass is 239 g/mol. The van der Waals surface area contributed by atoms with Crippen LogP contribution in [0.2, 0.25) is 0 Å². The van der Waals surface area contributed by atoms with Crippen molar-refractivity contribution in [2.24, 2.45) is 0 Å². The van der Waals surface area contributed by atoms with E-state index >= 15 is 0 Å². The van der Waals surface area contributed by atoms with Gasteiger partial charge in [0.2, 0.25) is 0 Å². The van der Waals surface area contributed by atoms with Crippen LogP contribution < -0.4 is 0 Å². The quantitative estimate of drug-likeness (QED) is 0.505. The Morgan fingerprint density at radius 3 is 2.12 bits per heavy atom. The Bertz CT molecular complexity index is 256. The second kappa shape index (κ2) is 7.28. The molecule has 0 aromatic heterocycles. The van der Waals surface area contributed by atoms with Crippen molar-refractivity contribution in [1.82, 2.24) is 4.90 Å². The van der Waals surface area contributed by atoms with Crippen LogP contribution in [0.25, 0.3) is 0 Å². The highest BCUT2D eigenvalue weighted by Gasteiger charge is 2.20. The van der Waals surface area contributed by atoms with Crippen molar-refractivity contribution in [3.63, 3.8) is 0 Å². The van der Waals surface area contributed by atoms with E-state index < -0.39 is 5.60 Å². The van der Waals surface area contributed by atoms with Crippen LogP contribution in [0, 0.1) is 0 Å². The first kappa shape index (κ1) is 15.9. The van der Waals surface area contributed by atoms with Gasteiger partial charge in [-0.25, -0.2) is 0 Å². The van der Waals surface area contributed by atoms with Gasteiger partial charge in [-0.05, 0) is 27.7 Å². The molecule has 98 valence electrons. The van der Waals surface area contributed by atoms with Gasteiger partial charge >= 0.3 is 5.97 Å². The van der Waals surface area contributed by atoms with Crippen LogP contribution in [-0.2, 0) is 9.53 Å². The molecule has 3 heteroatoms. The topological polar surface area (TPSA) is 29.5 Å². The lowest BCUT2D eigenvalue weighted by Crippen LogP contribution is -2.36. The number of nitrogens with zero attached hydrogens (tertiary/aromatic N) is 1. The van der Waals surface area contributed by atoms with Gasteiger partial charge in [-0.3, -0.25) is 9.69 Å². The summed E-state index contributed by atoms with van der Waals surface area (Å²) in [6.07, 6.45) is 4.04. The molecule has 0 rings (SSSR count). The van der Waals surface area contributed by atoms with E-state index in [-0.39, 0.29) is 12.0 Å². The van der Waals surface area contributed by atoms with Crippen molar-refractivity contribution >= 4 is 5.97 Å². The highest BCUT2D eigenvalue weighted by atomic mass is 16.6. The molecular formula is C14H25NO2. The molecule has 0 bridgehead atoms. The molecule has 1 atom stereocenters. The molecule has 0 aromatic carbocycles. The van der Waals surface area contributed by atoms with Crippen LogP contribution in [-0.4, -0.2) is 35.6 Å². The summed E-state index contributed by atoms with van der Waals surface area (Å²) in [7, 11) is 0. The van der Waals surface area contributed by atoms with E-state index in [1.807, 2.05) is 39.8 Å². The summed E-state index contributed by atoms with van der Waals surface area (Å²) in [5.41, 5.74) is -0.418. The van der Waals surface area contributed by atoms with E-state index in [1.54, 1.807) is 0 Å². The zero-order chi connectivity index (χ0) is 13.5. The first-order valence-electron chi connectivity index (χ1n) is 5.98. The average molecular weight is 239 g/mol. The average Bonchev–Trinajstić information content (AvgIpc) is 2.14. The maximum absolute atomic E-state index is 11.7. The number of carbonyl (C=O) groups is 1. The first-order chi connectivity index (χ1) is 7.80. The molecule has 0 spiro atoms. The third-order valence-electron chi connectivity index (χ3n) is 2.23. The van der Waals surface area contributed by atoms with E-state index in [0.29, 0.717) is 6.42 Å². The van der Waals surface area contributed by atoms with Crippen LogP contribution >= 0.6 is 0 Å². The fourth-order valence-corrected chi connectivity index (χ4v) is 1.52. The Labute approximate surface area is 105 Å². The molecule has 0 N–H and O–H groups in total.